The van der Waals surface area contributed by atoms with Gasteiger partial charge in [-0.1, -0.05) is 12.1 Å². The highest BCUT2D eigenvalue weighted by atomic mass is 16.5. The van der Waals surface area contributed by atoms with Gasteiger partial charge in [0.2, 0.25) is 5.91 Å². The second-order valence-corrected chi connectivity index (χ2v) is 12.4. The summed E-state index contributed by atoms with van der Waals surface area (Å²) in [4.78, 5) is 15.1. The van der Waals surface area contributed by atoms with E-state index in [4.69, 9.17) is 14.6 Å². The van der Waals surface area contributed by atoms with Gasteiger partial charge in [0.15, 0.2) is 0 Å². The molecule has 3 atom stereocenters. The van der Waals surface area contributed by atoms with E-state index in [1.54, 1.807) is 7.11 Å². The van der Waals surface area contributed by atoms with Gasteiger partial charge >= 0.3 is 0 Å². The first-order chi connectivity index (χ1) is 19.1. The molecule has 1 aliphatic heterocycles. The van der Waals surface area contributed by atoms with Crippen molar-refractivity contribution in [3.8, 4) is 22.6 Å². The first-order valence-electron chi connectivity index (χ1n) is 14.3. The lowest BCUT2D eigenvalue weighted by molar-refractivity contribution is -0.129. The summed E-state index contributed by atoms with van der Waals surface area (Å²) in [6.45, 7) is 11.3. The Balaban J connectivity index is 1.26. The summed E-state index contributed by atoms with van der Waals surface area (Å²) in [7, 11) is 1.66. The molecule has 40 heavy (non-hydrogen) atoms. The van der Waals surface area contributed by atoms with Crippen LogP contribution in [-0.2, 0) is 10.3 Å². The highest BCUT2D eigenvalue weighted by molar-refractivity contribution is 5.79. The number of likely N-dealkylation sites (tertiary alicyclic amines) is 1. The van der Waals surface area contributed by atoms with Crippen molar-refractivity contribution in [3.63, 3.8) is 0 Å². The molecule has 4 aromatic rings. The number of nitrogens with zero attached hydrogens (tertiary/aromatic N) is 5. The third-order valence-corrected chi connectivity index (χ3v) is 8.46. The minimum atomic E-state index is -0.143. The summed E-state index contributed by atoms with van der Waals surface area (Å²) in [6.07, 6.45) is 10.7. The summed E-state index contributed by atoms with van der Waals surface area (Å²) < 4.78 is 16.0. The van der Waals surface area contributed by atoms with Crippen LogP contribution >= 0.6 is 0 Å². The van der Waals surface area contributed by atoms with E-state index in [0.717, 1.165) is 33.7 Å². The number of ether oxygens (including phenoxy) is 2. The zero-order chi connectivity index (χ0) is 28.2. The fraction of sp³-hybridized carbons (Fsp3) is 0.469. The number of pyridine rings is 1. The standard InChI is InChI=1S/C32H39N5O3/c1-20(22-9-11-27(39-6)12-10-22)35-17-24(14-30(35)38)21(2)40-29-13-25(26-15-34-37(19-26)32(3,4)5)18-36-31(29)28(16-33-36)23-7-8-23/h9-13,15-16,18-21,23-24H,7-8,14,17H2,1-6H3. The van der Waals surface area contributed by atoms with E-state index in [-0.39, 0.29) is 29.5 Å². The molecule has 2 fully saturated rings. The number of methoxy groups -OCH3 is 1. The number of benzene rings is 1. The molecule has 2 aliphatic rings. The minimum absolute atomic E-state index is 0.0127. The molecule has 1 amide bonds. The Morgan fingerprint density at radius 2 is 1.75 bits per heavy atom. The third kappa shape index (κ3) is 4.95. The van der Waals surface area contributed by atoms with Gasteiger partial charge in [0, 0.05) is 48.0 Å². The Labute approximate surface area is 235 Å². The Bertz CT molecular complexity index is 1530. The molecule has 3 aromatic heterocycles. The van der Waals surface area contributed by atoms with Crippen LogP contribution in [0.3, 0.4) is 0 Å². The van der Waals surface area contributed by atoms with Crippen molar-refractivity contribution >= 4 is 11.4 Å². The molecule has 210 valence electrons. The predicted octanol–water partition coefficient (Wildman–Crippen LogP) is 6.22. The highest BCUT2D eigenvalue weighted by Gasteiger charge is 2.37. The monoisotopic (exact) mass is 541 g/mol. The maximum Gasteiger partial charge on any atom is 0.223 e. The van der Waals surface area contributed by atoms with Crippen LogP contribution in [0.4, 0.5) is 0 Å². The first kappa shape index (κ1) is 26.4. The Morgan fingerprint density at radius 1 is 1.00 bits per heavy atom. The second kappa shape index (κ2) is 9.98. The van der Waals surface area contributed by atoms with Gasteiger partial charge in [0.1, 0.15) is 23.1 Å². The highest BCUT2D eigenvalue weighted by Crippen LogP contribution is 2.45. The molecule has 4 heterocycles. The average Bonchev–Trinajstić information content (AvgIpc) is 3.31. The first-order valence-corrected chi connectivity index (χ1v) is 14.3. The molecule has 6 rings (SSSR count). The van der Waals surface area contributed by atoms with Crippen molar-refractivity contribution < 1.29 is 14.3 Å². The number of hydrogen-bond donors (Lipinski definition) is 0. The number of carbonyl (C=O) groups is 1. The number of carbonyl (C=O) groups excluding carboxylic acids is 1. The number of aromatic nitrogens is 4. The number of hydrogen-bond acceptors (Lipinski definition) is 5. The van der Waals surface area contributed by atoms with Crippen molar-refractivity contribution in [2.24, 2.45) is 5.92 Å². The largest absolute Gasteiger partial charge is 0.497 e. The quantitative estimate of drug-likeness (QED) is 0.265. The van der Waals surface area contributed by atoms with Crippen molar-refractivity contribution in [3.05, 3.63) is 66.2 Å². The maximum atomic E-state index is 13.1. The molecule has 1 aromatic carbocycles. The predicted molar refractivity (Wildman–Crippen MR) is 155 cm³/mol. The molecule has 1 saturated carbocycles. The van der Waals surface area contributed by atoms with Crippen LogP contribution < -0.4 is 9.47 Å². The molecule has 3 unspecified atom stereocenters. The maximum absolute atomic E-state index is 13.1. The fourth-order valence-corrected chi connectivity index (χ4v) is 5.69. The second-order valence-electron chi connectivity index (χ2n) is 12.4. The normalized spacial score (nSPS) is 19.3. The molecule has 8 heteroatoms. The van der Waals surface area contributed by atoms with Crippen LogP contribution in [0.5, 0.6) is 11.5 Å². The topological polar surface area (TPSA) is 73.9 Å². The van der Waals surface area contributed by atoms with Gasteiger partial charge in [0.25, 0.3) is 0 Å². The van der Waals surface area contributed by atoms with Crippen LogP contribution in [0.2, 0.25) is 0 Å². The number of rotatable bonds is 8. The molecule has 1 saturated heterocycles. The minimum Gasteiger partial charge on any atom is -0.497 e. The molecule has 8 nitrogen and oxygen atoms in total. The molecule has 0 bridgehead atoms. The molecule has 0 N–H and O–H groups in total. The lowest BCUT2D eigenvalue weighted by Gasteiger charge is -2.27. The molecular formula is C32H39N5O3. The SMILES string of the molecule is COc1ccc(C(C)N2CC(C(C)Oc3cc(-c4cnn(C(C)(C)C)c4)cn4ncc(C5CC5)c34)CC2=O)cc1. The molecule has 0 radical (unpaired) electrons. The summed E-state index contributed by atoms with van der Waals surface area (Å²) in [5.41, 5.74) is 5.30. The van der Waals surface area contributed by atoms with E-state index in [9.17, 15) is 4.79 Å². The Morgan fingerprint density at radius 3 is 2.40 bits per heavy atom. The summed E-state index contributed by atoms with van der Waals surface area (Å²) >= 11 is 0. The van der Waals surface area contributed by atoms with E-state index < -0.39 is 0 Å². The van der Waals surface area contributed by atoms with Crippen LogP contribution in [0, 0.1) is 5.92 Å². The molecule has 1 aliphatic carbocycles. The van der Waals surface area contributed by atoms with Gasteiger partial charge < -0.3 is 14.4 Å². The molecular weight excluding hydrogens is 502 g/mol. The Kier molecular flexibility index (Phi) is 6.59. The van der Waals surface area contributed by atoms with Crippen molar-refractivity contribution in [1.29, 1.82) is 0 Å². The van der Waals surface area contributed by atoms with E-state index in [1.165, 1.54) is 18.4 Å². The van der Waals surface area contributed by atoms with Crippen molar-refractivity contribution in [2.75, 3.05) is 13.7 Å². The van der Waals surface area contributed by atoms with Gasteiger partial charge in [-0.05, 0) is 77.1 Å². The lowest BCUT2D eigenvalue weighted by Crippen LogP contribution is -2.31. The van der Waals surface area contributed by atoms with Crippen LogP contribution in [0.15, 0.2) is 55.1 Å². The van der Waals surface area contributed by atoms with E-state index in [0.29, 0.717) is 18.9 Å². The van der Waals surface area contributed by atoms with Gasteiger partial charge in [-0.2, -0.15) is 10.2 Å². The smallest absolute Gasteiger partial charge is 0.223 e. The zero-order valence-corrected chi connectivity index (χ0v) is 24.3. The summed E-state index contributed by atoms with van der Waals surface area (Å²) in [5.74, 6) is 2.43. The van der Waals surface area contributed by atoms with Gasteiger partial charge in [0.05, 0.1) is 31.1 Å². The van der Waals surface area contributed by atoms with Crippen molar-refractivity contribution in [2.45, 2.75) is 77.5 Å². The lowest BCUT2D eigenvalue weighted by atomic mass is 10.0. The van der Waals surface area contributed by atoms with Crippen LogP contribution in [-0.4, -0.2) is 50.0 Å². The van der Waals surface area contributed by atoms with Crippen LogP contribution in [0.1, 0.15) is 77.0 Å². The van der Waals surface area contributed by atoms with E-state index in [2.05, 4.69) is 58.2 Å². The third-order valence-electron chi connectivity index (χ3n) is 8.46. The zero-order valence-electron chi connectivity index (χ0n) is 24.3. The fourth-order valence-electron chi connectivity index (χ4n) is 5.69. The van der Waals surface area contributed by atoms with E-state index in [1.807, 2.05) is 50.8 Å². The summed E-state index contributed by atoms with van der Waals surface area (Å²) in [5, 5.41) is 9.32. The molecule has 0 spiro atoms. The Hall–Kier alpha value is -3.81. The van der Waals surface area contributed by atoms with Gasteiger partial charge in [-0.15, -0.1) is 0 Å². The summed E-state index contributed by atoms with van der Waals surface area (Å²) in [6, 6.07) is 10.1. The van der Waals surface area contributed by atoms with Crippen LogP contribution in [0.25, 0.3) is 16.6 Å². The van der Waals surface area contributed by atoms with Gasteiger partial charge in [-0.25, -0.2) is 4.52 Å². The van der Waals surface area contributed by atoms with E-state index >= 15 is 0 Å². The van der Waals surface area contributed by atoms with Crippen molar-refractivity contribution in [1.82, 2.24) is 24.3 Å². The van der Waals surface area contributed by atoms with Gasteiger partial charge in [-0.3, -0.25) is 9.48 Å². The number of fused-ring (bicyclic) bond motifs is 1. The average molecular weight is 542 g/mol. The number of amides is 1.